The Balaban J connectivity index is 0.000000258. The van der Waals surface area contributed by atoms with Crippen molar-refractivity contribution in [3.63, 3.8) is 0 Å². The summed E-state index contributed by atoms with van der Waals surface area (Å²) >= 11 is 0.0287. The molecule has 0 amide bonds. The van der Waals surface area contributed by atoms with Crippen molar-refractivity contribution in [2.45, 2.75) is 0 Å². The van der Waals surface area contributed by atoms with Gasteiger partial charge in [-0.15, -0.1) is 0 Å². The Morgan fingerprint density at radius 2 is 1.21 bits per heavy atom. The molecular formula is C13H13FIO3S-. The third kappa shape index (κ3) is 7.91. The van der Waals surface area contributed by atoms with Crippen molar-refractivity contribution < 1.29 is 38.6 Å². The zero-order valence-corrected chi connectivity index (χ0v) is 12.9. The first-order valence-electron chi connectivity index (χ1n) is 5.27. The summed E-state index contributed by atoms with van der Waals surface area (Å²) in [5.74, 6) is 0. The van der Waals surface area contributed by atoms with Crippen LogP contribution in [0.15, 0.2) is 60.7 Å². The van der Waals surface area contributed by atoms with Gasteiger partial charge in [-0.3, -0.25) is 4.55 Å². The summed E-state index contributed by atoms with van der Waals surface area (Å²) in [6.07, 6.45) is 0. The summed E-state index contributed by atoms with van der Waals surface area (Å²) in [6, 6.07) is 19.7. The average molecular weight is 395 g/mol. The maximum atomic E-state index is 10.7. The summed E-state index contributed by atoms with van der Waals surface area (Å²) in [5.41, 5.74) is 0. The minimum atomic E-state index is -4.33. The third-order valence-electron chi connectivity index (χ3n) is 1.82. The predicted octanol–water partition coefficient (Wildman–Crippen LogP) is -0.384. The van der Waals surface area contributed by atoms with Crippen LogP contribution >= 0.6 is 0 Å². The molecular weight excluding hydrogens is 382 g/mol. The monoisotopic (exact) mass is 395 g/mol. The van der Waals surface area contributed by atoms with Gasteiger partial charge in [0.2, 0.25) is 6.01 Å². The van der Waals surface area contributed by atoms with Gasteiger partial charge < -0.3 is 0 Å². The van der Waals surface area contributed by atoms with Gasteiger partial charge >= 0.3 is 89.0 Å². The molecule has 0 heterocycles. The second kappa shape index (κ2) is 8.23. The van der Waals surface area contributed by atoms with Crippen LogP contribution in [0.1, 0.15) is 0 Å². The Bertz CT molecular complexity index is 536. The quantitative estimate of drug-likeness (QED) is 0.570. The van der Waals surface area contributed by atoms with Crippen LogP contribution in [0.25, 0.3) is 0 Å². The van der Waals surface area contributed by atoms with Crippen molar-refractivity contribution >= 4 is 10.1 Å². The number of halogens is 2. The summed E-state index contributed by atoms with van der Waals surface area (Å²) in [5, 5.41) is 0. The van der Waals surface area contributed by atoms with Gasteiger partial charge in [-0.25, -0.2) is 4.39 Å². The van der Waals surface area contributed by atoms with E-state index in [1.54, 1.807) is 0 Å². The second-order valence-electron chi connectivity index (χ2n) is 3.38. The van der Waals surface area contributed by atoms with Gasteiger partial charge in [-0.05, 0) is 0 Å². The van der Waals surface area contributed by atoms with Crippen LogP contribution in [0.3, 0.4) is 0 Å². The van der Waals surface area contributed by atoms with E-state index in [1.165, 1.54) is 7.14 Å². The molecule has 0 atom stereocenters. The van der Waals surface area contributed by atoms with E-state index in [0.717, 1.165) is 0 Å². The van der Waals surface area contributed by atoms with Crippen molar-refractivity contribution in [1.82, 2.24) is 0 Å². The SMILES string of the molecule is O=S(=O)(O)CF.c1ccc([I-]c2ccccc2)cc1. The molecule has 6 heteroatoms. The fraction of sp³-hybridized carbons (Fsp3) is 0.0769. The molecule has 2 aromatic carbocycles. The Labute approximate surface area is 122 Å². The van der Waals surface area contributed by atoms with Crippen molar-refractivity contribution in [3.05, 3.63) is 67.8 Å². The van der Waals surface area contributed by atoms with E-state index in [-0.39, 0.29) is 21.2 Å². The molecule has 0 spiro atoms. The number of hydrogen-bond acceptors (Lipinski definition) is 2. The van der Waals surface area contributed by atoms with Crippen LogP contribution in [-0.4, -0.2) is 19.0 Å². The first kappa shape index (κ1) is 16.1. The molecule has 0 aliphatic heterocycles. The molecule has 19 heavy (non-hydrogen) atoms. The van der Waals surface area contributed by atoms with Crippen LogP contribution in [0.2, 0.25) is 0 Å². The molecule has 1 N–H and O–H groups in total. The van der Waals surface area contributed by atoms with E-state index in [1.807, 2.05) is 0 Å². The molecule has 0 unspecified atom stereocenters. The number of benzene rings is 2. The minimum absolute atomic E-state index is 0.0287. The van der Waals surface area contributed by atoms with Crippen molar-refractivity contribution in [3.8, 4) is 0 Å². The molecule has 2 rings (SSSR count). The zero-order chi connectivity index (χ0) is 14.1. The topological polar surface area (TPSA) is 54.4 Å². The fourth-order valence-corrected chi connectivity index (χ4v) is 3.35. The first-order valence-corrected chi connectivity index (χ1v) is 9.04. The molecule has 0 radical (unpaired) electrons. The van der Waals surface area contributed by atoms with Gasteiger partial charge in [0.1, 0.15) is 0 Å². The fourth-order valence-electron chi connectivity index (χ4n) is 1.08. The standard InChI is InChI=1S/C12H10I.CH3FO3S/c1-3-7-11(8-4-1)13-12-9-5-2-6-10-12;2-1-6(3,4)5/h1-10H;1H2,(H,3,4,5)/q-1;. The Hall–Kier alpha value is -0.990. The molecule has 0 bridgehead atoms. The van der Waals surface area contributed by atoms with Crippen LogP contribution < -0.4 is 21.2 Å². The molecule has 0 aromatic heterocycles. The van der Waals surface area contributed by atoms with Gasteiger partial charge in [0.15, 0.2) is 0 Å². The van der Waals surface area contributed by atoms with Gasteiger partial charge in [0.05, 0.1) is 0 Å². The van der Waals surface area contributed by atoms with E-state index < -0.39 is 16.1 Å². The number of alkyl halides is 1. The average Bonchev–Trinajstić information content (AvgIpc) is 2.41. The van der Waals surface area contributed by atoms with Crippen molar-refractivity contribution in [2.24, 2.45) is 0 Å². The second-order valence-corrected chi connectivity index (χ2v) is 7.79. The summed E-state index contributed by atoms with van der Waals surface area (Å²) in [6.45, 7) is 0. The normalized spacial score (nSPS) is 10.6. The maximum absolute atomic E-state index is 10.7. The van der Waals surface area contributed by atoms with Gasteiger partial charge in [0.25, 0.3) is 10.1 Å². The summed E-state index contributed by atoms with van der Waals surface area (Å²) < 4.78 is 39.4. The van der Waals surface area contributed by atoms with Gasteiger partial charge in [0, 0.05) is 0 Å². The van der Waals surface area contributed by atoms with Crippen LogP contribution in [0.4, 0.5) is 4.39 Å². The van der Waals surface area contributed by atoms with E-state index in [0.29, 0.717) is 0 Å². The molecule has 0 aliphatic rings. The van der Waals surface area contributed by atoms with Crippen molar-refractivity contribution in [2.75, 3.05) is 6.01 Å². The molecule has 0 saturated heterocycles. The van der Waals surface area contributed by atoms with E-state index in [2.05, 4.69) is 60.7 Å². The Morgan fingerprint density at radius 3 is 1.47 bits per heavy atom. The predicted molar refractivity (Wildman–Crippen MR) is 67.8 cm³/mol. The van der Waals surface area contributed by atoms with E-state index >= 15 is 0 Å². The molecule has 3 nitrogen and oxygen atoms in total. The number of rotatable bonds is 3. The van der Waals surface area contributed by atoms with Crippen LogP contribution in [0.5, 0.6) is 0 Å². The molecule has 0 aliphatic carbocycles. The van der Waals surface area contributed by atoms with Crippen molar-refractivity contribution in [1.29, 1.82) is 0 Å². The number of hydrogen-bond donors (Lipinski definition) is 1. The molecule has 2 aromatic rings. The molecule has 0 saturated carbocycles. The van der Waals surface area contributed by atoms with Crippen LogP contribution in [0, 0.1) is 7.14 Å². The first-order chi connectivity index (χ1) is 9.01. The van der Waals surface area contributed by atoms with Gasteiger partial charge in [-0.2, -0.15) is 8.42 Å². The van der Waals surface area contributed by atoms with Crippen LogP contribution in [-0.2, 0) is 10.1 Å². The zero-order valence-electron chi connectivity index (χ0n) is 9.91. The summed E-state index contributed by atoms with van der Waals surface area (Å²) in [4.78, 5) is 0. The summed E-state index contributed by atoms with van der Waals surface area (Å²) in [7, 11) is -4.33. The van der Waals surface area contributed by atoms with E-state index in [4.69, 9.17) is 4.55 Å². The van der Waals surface area contributed by atoms with Gasteiger partial charge in [-0.1, -0.05) is 0 Å². The Morgan fingerprint density at radius 1 is 0.895 bits per heavy atom. The van der Waals surface area contributed by atoms with E-state index in [9.17, 15) is 12.8 Å². The third-order valence-corrected chi connectivity index (χ3v) is 4.78. The molecule has 104 valence electrons. The Kier molecular flexibility index (Phi) is 6.96. The molecule has 0 fully saturated rings.